The van der Waals surface area contributed by atoms with E-state index in [0.717, 1.165) is 14.7 Å². The number of nitrogens with zero attached hydrogens (tertiary/aromatic N) is 2. The standard InChI is InChI=1S/C19H17BrClN3O3S2/c20-13-1-6-16-17(11-13)28-19(22-16)23-18(25)12-7-9-24(10-8-12)29(26,27)15-4-2-14(21)3-5-15/h1-6,11-12H,7-10H2,(H,22,23,25). The second-order valence-electron chi connectivity index (χ2n) is 6.75. The minimum absolute atomic E-state index is 0.119. The van der Waals surface area contributed by atoms with Crippen LogP contribution in [0.5, 0.6) is 0 Å². The van der Waals surface area contributed by atoms with Crippen LogP contribution in [-0.2, 0) is 14.8 Å². The van der Waals surface area contributed by atoms with Crippen molar-refractivity contribution in [2.45, 2.75) is 17.7 Å². The summed E-state index contributed by atoms with van der Waals surface area (Å²) in [6, 6.07) is 11.9. The summed E-state index contributed by atoms with van der Waals surface area (Å²) >= 11 is 10.7. The molecule has 1 aromatic heterocycles. The number of amides is 1. The first-order valence-electron chi connectivity index (χ1n) is 8.95. The summed E-state index contributed by atoms with van der Waals surface area (Å²) in [5.74, 6) is -0.364. The number of carbonyl (C=O) groups is 1. The molecule has 0 atom stereocenters. The van der Waals surface area contributed by atoms with Gasteiger partial charge in [-0.05, 0) is 55.3 Å². The minimum atomic E-state index is -3.58. The van der Waals surface area contributed by atoms with Crippen molar-refractivity contribution in [3.8, 4) is 0 Å². The number of halogens is 2. The highest BCUT2D eigenvalue weighted by Crippen LogP contribution is 2.30. The first-order valence-corrected chi connectivity index (χ1v) is 12.4. The van der Waals surface area contributed by atoms with Crippen LogP contribution in [0.2, 0.25) is 5.02 Å². The predicted octanol–water partition coefficient (Wildman–Crippen LogP) is 4.75. The molecule has 1 aliphatic rings. The lowest BCUT2D eigenvalue weighted by Crippen LogP contribution is -2.41. The highest BCUT2D eigenvalue weighted by Gasteiger charge is 2.32. The zero-order valence-corrected chi connectivity index (χ0v) is 19.1. The van der Waals surface area contributed by atoms with Gasteiger partial charge in [0.15, 0.2) is 5.13 Å². The zero-order chi connectivity index (χ0) is 20.6. The van der Waals surface area contributed by atoms with Crippen molar-refractivity contribution in [3.63, 3.8) is 0 Å². The second kappa shape index (κ2) is 8.31. The van der Waals surface area contributed by atoms with E-state index in [1.54, 1.807) is 12.1 Å². The molecule has 0 saturated carbocycles. The molecule has 2 aromatic carbocycles. The molecule has 152 valence electrons. The number of hydrogen-bond donors (Lipinski definition) is 1. The van der Waals surface area contributed by atoms with Gasteiger partial charge in [-0.15, -0.1) is 0 Å². The molecule has 1 amide bonds. The van der Waals surface area contributed by atoms with Crippen LogP contribution in [0.1, 0.15) is 12.8 Å². The largest absolute Gasteiger partial charge is 0.302 e. The maximum Gasteiger partial charge on any atom is 0.243 e. The quantitative estimate of drug-likeness (QED) is 0.545. The number of rotatable bonds is 4. The Balaban J connectivity index is 1.39. The number of sulfonamides is 1. The lowest BCUT2D eigenvalue weighted by molar-refractivity contribution is -0.120. The number of nitrogens with one attached hydrogen (secondary N) is 1. The van der Waals surface area contributed by atoms with Crippen LogP contribution < -0.4 is 5.32 Å². The fourth-order valence-corrected chi connectivity index (χ4v) is 6.29. The Labute approximate surface area is 186 Å². The third kappa shape index (κ3) is 4.49. The first kappa shape index (κ1) is 20.7. The van der Waals surface area contributed by atoms with Crippen molar-refractivity contribution in [2.24, 2.45) is 5.92 Å². The normalized spacial score (nSPS) is 16.2. The van der Waals surface area contributed by atoms with Crippen molar-refractivity contribution in [2.75, 3.05) is 18.4 Å². The smallest absolute Gasteiger partial charge is 0.243 e. The molecule has 0 bridgehead atoms. The second-order valence-corrected chi connectivity index (χ2v) is 11.1. The molecule has 0 aliphatic carbocycles. The summed E-state index contributed by atoms with van der Waals surface area (Å²) in [5.41, 5.74) is 0.831. The molecule has 1 N–H and O–H groups in total. The summed E-state index contributed by atoms with van der Waals surface area (Å²) in [6.07, 6.45) is 0.935. The average molecular weight is 515 g/mol. The van der Waals surface area contributed by atoms with Gasteiger partial charge >= 0.3 is 0 Å². The van der Waals surface area contributed by atoms with Gasteiger partial charge in [0.05, 0.1) is 15.1 Å². The van der Waals surface area contributed by atoms with Crippen molar-refractivity contribution in [1.29, 1.82) is 0 Å². The van der Waals surface area contributed by atoms with Crippen LogP contribution in [0, 0.1) is 5.92 Å². The van der Waals surface area contributed by atoms with Gasteiger partial charge in [0, 0.05) is 28.5 Å². The van der Waals surface area contributed by atoms with E-state index in [2.05, 4.69) is 26.2 Å². The number of anilines is 1. The lowest BCUT2D eigenvalue weighted by atomic mass is 9.97. The third-order valence-electron chi connectivity index (χ3n) is 4.86. The van der Waals surface area contributed by atoms with E-state index in [0.29, 0.717) is 36.1 Å². The monoisotopic (exact) mass is 513 g/mol. The van der Waals surface area contributed by atoms with E-state index >= 15 is 0 Å². The van der Waals surface area contributed by atoms with E-state index < -0.39 is 10.0 Å². The highest BCUT2D eigenvalue weighted by molar-refractivity contribution is 9.10. The summed E-state index contributed by atoms with van der Waals surface area (Å²) in [7, 11) is -3.58. The van der Waals surface area contributed by atoms with Gasteiger partial charge in [-0.25, -0.2) is 13.4 Å². The van der Waals surface area contributed by atoms with Gasteiger partial charge < -0.3 is 5.32 Å². The van der Waals surface area contributed by atoms with Gasteiger partial charge in [0.1, 0.15) is 0 Å². The van der Waals surface area contributed by atoms with Crippen molar-refractivity contribution < 1.29 is 13.2 Å². The molecular formula is C19H17BrClN3O3S2. The van der Waals surface area contributed by atoms with Gasteiger partial charge in [-0.3, -0.25) is 4.79 Å². The van der Waals surface area contributed by atoms with E-state index in [1.165, 1.54) is 27.8 Å². The number of thiazole rings is 1. The molecule has 1 saturated heterocycles. The number of aromatic nitrogens is 1. The Morgan fingerprint density at radius 3 is 2.55 bits per heavy atom. The summed E-state index contributed by atoms with van der Waals surface area (Å²) < 4.78 is 28.9. The highest BCUT2D eigenvalue weighted by atomic mass is 79.9. The zero-order valence-electron chi connectivity index (χ0n) is 15.1. The van der Waals surface area contributed by atoms with E-state index in [1.807, 2.05) is 18.2 Å². The van der Waals surface area contributed by atoms with Gasteiger partial charge in [-0.1, -0.05) is 38.9 Å². The Hall–Kier alpha value is -1.52. The first-order chi connectivity index (χ1) is 13.8. The fourth-order valence-electron chi connectivity index (χ4n) is 3.27. The van der Waals surface area contributed by atoms with E-state index in [4.69, 9.17) is 11.6 Å². The number of hydrogen-bond acceptors (Lipinski definition) is 5. The third-order valence-corrected chi connectivity index (χ3v) is 8.45. The number of carbonyl (C=O) groups excluding carboxylic acids is 1. The van der Waals surface area contributed by atoms with E-state index in [9.17, 15) is 13.2 Å². The van der Waals surface area contributed by atoms with Gasteiger partial charge in [-0.2, -0.15) is 4.31 Å². The Kier molecular flexibility index (Phi) is 5.94. The maximum absolute atomic E-state index is 12.8. The van der Waals surface area contributed by atoms with E-state index in [-0.39, 0.29) is 16.7 Å². The van der Waals surface area contributed by atoms with Crippen molar-refractivity contribution in [3.05, 3.63) is 52.0 Å². The van der Waals surface area contributed by atoms with Crippen LogP contribution in [0.4, 0.5) is 5.13 Å². The summed E-state index contributed by atoms with van der Waals surface area (Å²) in [6.45, 7) is 0.603. The van der Waals surface area contributed by atoms with Crippen molar-refractivity contribution >= 4 is 70.1 Å². The SMILES string of the molecule is O=C(Nc1nc2ccc(Br)cc2s1)C1CCN(S(=O)(=O)c2ccc(Cl)cc2)CC1. The molecule has 2 heterocycles. The van der Waals surface area contributed by atoms with Gasteiger partial charge in [0.2, 0.25) is 15.9 Å². The molecule has 0 radical (unpaired) electrons. The molecule has 3 aromatic rings. The fraction of sp³-hybridized carbons (Fsp3) is 0.263. The van der Waals surface area contributed by atoms with Crippen LogP contribution in [0.15, 0.2) is 51.8 Å². The maximum atomic E-state index is 12.8. The van der Waals surface area contributed by atoms with Crippen molar-refractivity contribution in [1.82, 2.24) is 9.29 Å². The molecule has 1 aliphatic heterocycles. The molecule has 4 rings (SSSR count). The molecule has 10 heteroatoms. The molecular weight excluding hydrogens is 498 g/mol. The lowest BCUT2D eigenvalue weighted by Gasteiger charge is -2.30. The number of fused-ring (bicyclic) bond motifs is 1. The van der Waals surface area contributed by atoms with Crippen LogP contribution >= 0.6 is 38.9 Å². The molecule has 0 unspecified atom stereocenters. The number of benzene rings is 2. The molecule has 29 heavy (non-hydrogen) atoms. The Morgan fingerprint density at radius 1 is 1.17 bits per heavy atom. The molecule has 6 nitrogen and oxygen atoms in total. The molecule has 0 spiro atoms. The summed E-state index contributed by atoms with van der Waals surface area (Å²) in [5, 5.41) is 3.93. The summed E-state index contributed by atoms with van der Waals surface area (Å²) in [4.78, 5) is 17.3. The number of piperidine rings is 1. The van der Waals surface area contributed by atoms with Crippen LogP contribution in [0.3, 0.4) is 0 Å². The Bertz CT molecular complexity index is 1160. The minimum Gasteiger partial charge on any atom is -0.302 e. The topological polar surface area (TPSA) is 79.4 Å². The van der Waals surface area contributed by atoms with Crippen LogP contribution in [0.25, 0.3) is 10.2 Å². The van der Waals surface area contributed by atoms with Gasteiger partial charge in [0.25, 0.3) is 0 Å². The Morgan fingerprint density at radius 2 is 1.86 bits per heavy atom. The molecule has 1 fully saturated rings. The average Bonchev–Trinajstić information content (AvgIpc) is 3.09. The predicted molar refractivity (Wildman–Crippen MR) is 119 cm³/mol. The van der Waals surface area contributed by atoms with Crippen LogP contribution in [-0.4, -0.2) is 36.7 Å².